The maximum atomic E-state index is 14.5. The van der Waals surface area contributed by atoms with Crippen LogP contribution in [0.25, 0.3) is 0 Å². The van der Waals surface area contributed by atoms with Crippen LogP contribution in [0.1, 0.15) is 22.7 Å². The van der Waals surface area contributed by atoms with E-state index in [9.17, 15) is 4.57 Å². The molecule has 0 spiro atoms. The van der Waals surface area contributed by atoms with Crippen LogP contribution in [0.5, 0.6) is 0 Å². The van der Waals surface area contributed by atoms with Gasteiger partial charge < -0.3 is 0 Å². The Morgan fingerprint density at radius 1 is 0.621 bits per heavy atom. The summed E-state index contributed by atoms with van der Waals surface area (Å²) in [6.07, 6.45) is 0. The van der Waals surface area contributed by atoms with Gasteiger partial charge >= 0.3 is 0 Å². The molecule has 1 atom stereocenters. The third-order valence-electron chi connectivity index (χ3n) is 5.06. The Balaban J connectivity index is 1.86. The van der Waals surface area contributed by atoms with Crippen molar-refractivity contribution in [1.82, 2.24) is 5.09 Å². The summed E-state index contributed by atoms with van der Waals surface area (Å²) in [7, 11) is -3.08. The van der Waals surface area contributed by atoms with Crippen molar-refractivity contribution in [3.8, 4) is 0 Å². The summed E-state index contributed by atoms with van der Waals surface area (Å²) >= 11 is 0. The van der Waals surface area contributed by atoms with Gasteiger partial charge in [0, 0.05) is 10.6 Å². The zero-order valence-corrected chi connectivity index (χ0v) is 17.3. The smallest absolute Gasteiger partial charge is 0.205 e. The number of nitrogens with one attached hydrogen (secondary N) is 1. The number of benzene rings is 4. The Bertz CT molecular complexity index is 1070. The van der Waals surface area contributed by atoms with Gasteiger partial charge in [0.1, 0.15) is 0 Å². The Hall–Kier alpha value is -2.93. The fourth-order valence-electron chi connectivity index (χ4n) is 3.59. The molecule has 4 aromatic carbocycles. The van der Waals surface area contributed by atoms with Crippen LogP contribution in [-0.2, 0) is 4.57 Å². The van der Waals surface area contributed by atoms with E-state index in [1.807, 2.05) is 78.9 Å². The first-order valence-electron chi connectivity index (χ1n) is 9.77. The van der Waals surface area contributed by atoms with Gasteiger partial charge in [0.15, 0.2) is 0 Å². The molecular formula is C26H24NOP. The van der Waals surface area contributed by atoms with Crippen LogP contribution in [0.15, 0.2) is 115 Å². The zero-order chi connectivity index (χ0) is 20.1. The quantitative estimate of drug-likeness (QED) is 0.429. The van der Waals surface area contributed by atoms with Crippen LogP contribution in [0.3, 0.4) is 0 Å². The van der Waals surface area contributed by atoms with Gasteiger partial charge in [0.05, 0.1) is 6.04 Å². The maximum Gasteiger partial charge on any atom is 0.205 e. The van der Waals surface area contributed by atoms with Gasteiger partial charge in [-0.05, 0) is 42.3 Å². The molecule has 0 bridgehead atoms. The lowest BCUT2D eigenvalue weighted by Crippen LogP contribution is -2.31. The maximum absolute atomic E-state index is 14.5. The van der Waals surface area contributed by atoms with E-state index in [1.54, 1.807) is 0 Å². The van der Waals surface area contributed by atoms with E-state index in [-0.39, 0.29) is 6.04 Å². The summed E-state index contributed by atoms with van der Waals surface area (Å²) in [4.78, 5) is 0. The largest absolute Gasteiger partial charge is 0.296 e. The molecule has 0 amide bonds. The average molecular weight is 397 g/mol. The van der Waals surface area contributed by atoms with Crippen molar-refractivity contribution in [2.75, 3.05) is 0 Å². The first-order valence-corrected chi connectivity index (χ1v) is 11.5. The molecule has 0 aliphatic heterocycles. The van der Waals surface area contributed by atoms with Crippen molar-refractivity contribution >= 4 is 17.9 Å². The molecule has 0 saturated carbocycles. The zero-order valence-electron chi connectivity index (χ0n) is 16.4. The van der Waals surface area contributed by atoms with Crippen LogP contribution in [0.4, 0.5) is 0 Å². The predicted molar refractivity (Wildman–Crippen MR) is 122 cm³/mol. The average Bonchev–Trinajstić information content (AvgIpc) is 2.79. The van der Waals surface area contributed by atoms with Gasteiger partial charge in [0.25, 0.3) is 0 Å². The van der Waals surface area contributed by atoms with Gasteiger partial charge in [-0.1, -0.05) is 96.6 Å². The number of hydrogen-bond donors (Lipinski definition) is 1. The third kappa shape index (κ3) is 4.24. The molecule has 4 rings (SSSR count). The van der Waals surface area contributed by atoms with E-state index in [2.05, 4.69) is 48.4 Å². The highest BCUT2D eigenvalue weighted by molar-refractivity contribution is 7.76. The first-order chi connectivity index (χ1) is 14.2. The fourth-order valence-corrected chi connectivity index (χ4v) is 6.03. The normalized spacial score (nSPS) is 12.4. The highest BCUT2D eigenvalue weighted by Crippen LogP contribution is 2.43. The van der Waals surface area contributed by atoms with Crippen molar-refractivity contribution in [3.63, 3.8) is 0 Å². The van der Waals surface area contributed by atoms with E-state index in [0.717, 1.165) is 21.7 Å². The molecule has 4 aromatic rings. The predicted octanol–water partition coefficient (Wildman–Crippen LogP) is 5.60. The molecule has 0 aliphatic rings. The lowest BCUT2D eigenvalue weighted by Gasteiger charge is -2.28. The molecule has 144 valence electrons. The topological polar surface area (TPSA) is 29.1 Å². The van der Waals surface area contributed by atoms with Crippen molar-refractivity contribution in [2.45, 2.75) is 13.0 Å². The third-order valence-corrected chi connectivity index (χ3v) is 7.73. The number of aryl methyl sites for hydroxylation is 1. The summed E-state index contributed by atoms with van der Waals surface area (Å²) < 4.78 is 14.5. The monoisotopic (exact) mass is 397 g/mol. The molecule has 3 heteroatoms. The molecule has 29 heavy (non-hydrogen) atoms. The van der Waals surface area contributed by atoms with E-state index in [4.69, 9.17) is 0 Å². The van der Waals surface area contributed by atoms with Gasteiger partial charge in [-0.25, -0.2) is 5.09 Å². The van der Waals surface area contributed by atoms with Crippen LogP contribution >= 0.6 is 7.29 Å². The SMILES string of the molecule is Cc1cccc([C@H](NP(=O)(c2ccccc2)c2ccccc2)c2ccccc2)c1. The van der Waals surface area contributed by atoms with Crippen molar-refractivity contribution < 1.29 is 4.57 Å². The van der Waals surface area contributed by atoms with Crippen LogP contribution in [0.2, 0.25) is 0 Å². The highest BCUT2D eigenvalue weighted by Gasteiger charge is 2.31. The van der Waals surface area contributed by atoms with E-state index in [0.29, 0.717) is 0 Å². The Morgan fingerprint density at radius 2 is 1.10 bits per heavy atom. The van der Waals surface area contributed by atoms with E-state index < -0.39 is 7.29 Å². The second kappa shape index (κ2) is 8.61. The molecule has 0 heterocycles. The number of hydrogen-bond acceptors (Lipinski definition) is 1. The molecule has 0 aliphatic carbocycles. The Labute approximate surface area is 172 Å². The Kier molecular flexibility index (Phi) is 5.76. The fraction of sp³-hybridized carbons (Fsp3) is 0.0769. The lowest BCUT2D eigenvalue weighted by molar-refractivity contribution is 0.572. The van der Waals surface area contributed by atoms with E-state index in [1.165, 1.54) is 5.56 Å². The summed E-state index contributed by atoms with van der Waals surface area (Å²) in [6, 6.07) is 37.9. The van der Waals surface area contributed by atoms with Gasteiger partial charge in [0.2, 0.25) is 7.29 Å². The minimum absolute atomic E-state index is 0.192. The van der Waals surface area contributed by atoms with Gasteiger partial charge in [-0.3, -0.25) is 4.57 Å². The van der Waals surface area contributed by atoms with E-state index >= 15 is 0 Å². The standard InChI is InChI=1S/C26H24NOP/c1-21-12-11-15-23(20-21)26(22-13-5-2-6-14-22)27-29(28,24-16-7-3-8-17-24)25-18-9-4-10-19-25/h2-20,26H,1H3,(H,27,28)/t26-/m1/s1. The second-order valence-electron chi connectivity index (χ2n) is 7.17. The minimum atomic E-state index is -3.08. The van der Waals surface area contributed by atoms with Gasteiger partial charge in [-0.15, -0.1) is 0 Å². The van der Waals surface area contributed by atoms with Crippen molar-refractivity contribution in [3.05, 3.63) is 132 Å². The van der Waals surface area contributed by atoms with Crippen LogP contribution < -0.4 is 15.7 Å². The summed E-state index contributed by atoms with van der Waals surface area (Å²) in [5.74, 6) is 0. The van der Waals surface area contributed by atoms with Crippen molar-refractivity contribution in [1.29, 1.82) is 0 Å². The molecule has 0 fully saturated rings. The summed E-state index contributed by atoms with van der Waals surface area (Å²) in [6.45, 7) is 2.08. The summed E-state index contributed by atoms with van der Waals surface area (Å²) in [5.41, 5.74) is 3.37. The van der Waals surface area contributed by atoms with Crippen LogP contribution in [-0.4, -0.2) is 0 Å². The Morgan fingerprint density at radius 3 is 1.62 bits per heavy atom. The van der Waals surface area contributed by atoms with Gasteiger partial charge in [-0.2, -0.15) is 0 Å². The number of rotatable bonds is 6. The van der Waals surface area contributed by atoms with Crippen molar-refractivity contribution in [2.24, 2.45) is 0 Å². The second-order valence-corrected chi connectivity index (χ2v) is 9.68. The lowest BCUT2D eigenvalue weighted by atomic mass is 9.98. The minimum Gasteiger partial charge on any atom is -0.296 e. The summed E-state index contributed by atoms with van der Waals surface area (Å²) in [5, 5.41) is 5.19. The molecule has 0 unspecified atom stereocenters. The molecule has 0 aromatic heterocycles. The molecular weight excluding hydrogens is 373 g/mol. The van der Waals surface area contributed by atoms with Crippen LogP contribution in [0, 0.1) is 6.92 Å². The molecule has 0 saturated heterocycles. The first kappa shape index (κ1) is 19.4. The molecule has 2 nitrogen and oxygen atoms in total. The highest BCUT2D eigenvalue weighted by atomic mass is 31.2. The molecule has 1 N–H and O–H groups in total. The molecule has 0 radical (unpaired) electrons.